The smallest absolute Gasteiger partial charge is 0.229 e. The van der Waals surface area contributed by atoms with Gasteiger partial charge in [0.2, 0.25) is 10.0 Å². The Morgan fingerprint density at radius 1 is 1.22 bits per heavy atom. The Kier molecular flexibility index (Phi) is 5.38. The molecule has 0 amide bonds. The Hall–Kier alpha value is -2.35. The summed E-state index contributed by atoms with van der Waals surface area (Å²) < 4.78 is 48.2. The van der Waals surface area contributed by atoms with E-state index in [1.54, 1.807) is 30.6 Å². The Balaban J connectivity index is 2.49. The molecule has 0 radical (unpaired) electrons. The first-order chi connectivity index (χ1) is 10.9. The van der Waals surface area contributed by atoms with Crippen LogP contribution in [0.25, 0.3) is 11.1 Å². The molecular formula is C15H17FN2O4S. The van der Waals surface area contributed by atoms with Crippen molar-refractivity contribution in [3.63, 3.8) is 0 Å². The highest BCUT2D eigenvalue weighted by Gasteiger charge is 2.14. The van der Waals surface area contributed by atoms with Crippen molar-refractivity contribution in [2.45, 2.75) is 0 Å². The Bertz CT molecular complexity index is 781. The molecule has 0 aliphatic rings. The summed E-state index contributed by atoms with van der Waals surface area (Å²) in [5, 5.41) is 0. The van der Waals surface area contributed by atoms with Gasteiger partial charge in [-0.2, -0.15) is 0 Å². The fourth-order valence-corrected chi connectivity index (χ4v) is 2.61. The van der Waals surface area contributed by atoms with E-state index in [4.69, 9.17) is 9.47 Å². The number of ether oxygens (including phenoxy) is 2. The van der Waals surface area contributed by atoms with Crippen LogP contribution in [0.3, 0.4) is 0 Å². The van der Waals surface area contributed by atoms with E-state index in [2.05, 4.69) is 9.71 Å². The second-order valence-corrected chi connectivity index (χ2v) is 6.45. The largest absolute Gasteiger partial charge is 0.496 e. The van der Waals surface area contributed by atoms with Crippen LogP contribution in [0, 0.1) is 0 Å². The monoisotopic (exact) mass is 340 g/mol. The van der Waals surface area contributed by atoms with E-state index in [0.717, 1.165) is 6.26 Å². The van der Waals surface area contributed by atoms with E-state index in [0.29, 0.717) is 28.3 Å². The number of hydrogen-bond acceptors (Lipinski definition) is 5. The zero-order valence-electron chi connectivity index (χ0n) is 12.7. The molecule has 0 spiro atoms. The van der Waals surface area contributed by atoms with Gasteiger partial charge in [0, 0.05) is 29.6 Å². The molecule has 0 bridgehead atoms. The summed E-state index contributed by atoms with van der Waals surface area (Å²) in [6.07, 6.45) is 4.23. The summed E-state index contributed by atoms with van der Waals surface area (Å²) in [7, 11) is -1.89. The molecule has 2 rings (SSSR count). The van der Waals surface area contributed by atoms with E-state index in [-0.39, 0.29) is 6.61 Å². The number of aromatic nitrogens is 1. The van der Waals surface area contributed by atoms with Crippen molar-refractivity contribution in [2.75, 3.05) is 31.4 Å². The molecule has 23 heavy (non-hydrogen) atoms. The van der Waals surface area contributed by atoms with Crippen LogP contribution in [-0.2, 0) is 10.0 Å². The third-order valence-electron chi connectivity index (χ3n) is 2.91. The molecule has 124 valence electrons. The molecule has 0 atom stereocenters. The van der Waals surface area contributed by atoms with E-state index >= 15 is 0 Å². The van der Waals surface area contributed by atoms with Crippen molar-refractivity contribution < 1.29 is 22.3 Å². The molecule has 0 fully saturated rings. The number of halogens is 1. The van der Waals surface area contributed by atoms with Crippen LogP contribution in [0.1, 0.15) is 0 Å². The first-order valence-corrected chi connectivity index (χ1v) is 8.62. The summed E-state index contributed by atoms with van der Waals surface area (Å²) in [6.45, 7) is -0.800. The topological polar surface area (TPSA) is 77.5 Å². The maximum absolute atomic E-state index is 12.5. The molecular weight excluding hydrogens is 323 g/mol. The molecule has 1 aromatic carbocycles. The maximum Gasteiger partial charge on any atom is 0.229 e. The standard InChI is InChI=1S/C15H17FN2O4S/c1-21-14-5-7-17-10-13(14)12-4-3-11(18-23(2,19)20)9-15(12)22-8-6-16/h3-5,7,9-10,18H,6,8H2,1-2H3. The molecule has 0 aliphatic carbocycles. The lowest BCUT2D eigenvalue weighted by Gasteiger charge is -2.15. The van der Waals surface area contributed by atoms with Gasteiger partial charge in [-0.25, -0.2) is 12.8 Å². The molecule has 8 heteroatoms. The number of sulfonamides is 1. The zero-order valence-corrected chi connectivity index (χ0v) is 13.6. The summed E-state index contributed by atoms with van der Waals surface area (Å²) in [5.74, 6) is 0.913. The van der Waals surface area contributed by atoms with Crippen LogP contribution in [0.4, 0.5) is 10.1 Å². The van der Waals surface area contributed by atoms with Gasteiger partial charge in [0.05, 0.1) is 19.1 Å². The molecule has 2 aromatic rings. The van der Waals surface area contributed by atoms with Gasteiger partial charge in [-0.3, -0.25) is 9.71 Å². The fraction of sp³-hybridized carbons (Fsp3) is 0.267. The summed E-state index contributed by atoms with van der Waals surface area (Å²) >= 11 is 0. The molecule has 0 saturated heterocycles. The van der Waals surface area contributed by atoms with E-state index in [9.17, 15) is 12.8 Å². The number of pyridine rings is 1. The minimum atomic E-state index is -3.42. The zero-order chi connectivity index (χ0) is 16.9. The Morgan fingerprint density at radius 3 is 2.65 bits per heavy atom. The van der Waals surface area contributed by atoms with Crippen molar-refractivity contribution in [3.8, 4) is 22.6 Å². The van der Waals surface area contributed by atoms with Gasteiger partial charge in [0.1, 0.15) is 24.8 Å². The normalized spacial score (nSPS) is 11.1. The highest BCUT2D eigenvalue weighted by atomic mass is 32.2. The van der Waals surface area contributed by atoms with Crippen molar-refractivity contribution in [2.24, 2.45) is 0 Å². The molecule has 6 nitrogen and oxygen atoms in total. The first-order valence-electron chi connectivity index (χ1n) is 6.73. The number of methoxy groups -OCH3 is 1. The molecule has 1 N–H and O–H groups in total. The van der Waals surface area contributed by atoms with Gasteiger partial charge >= 0.3 is 0 Å². The van der Waals surface area contributed by atoms with Crippen molar-refractivity contribution in [1.29, 1.82) is 0 Å². The van der Waals surface area contributed by atoms with Crippen molar-refractivity contribution >= 4 is 15.7 Å². The van der Waals surface area contributed by atoms with Gasteiger partial charge in [-0.1, -0.05) is 0 Å². The predicted octanol–water partition coefficient (Wildman–Crippen LogP) is 2.48. The van der Waals surface area contributed by atoms with Crippen molar-refractivity contribution in [3.05, 3.63) is 36.7 Å². The Morgan fingerprint density at radius 2 is 2.00 bits per heavy atom. The minimum absolute atomic E-state index is 0.141. The average molecular weight is 340 g/mol. The average Bonchev–Trinajstić information content (AvgIpc) is 2.51. The summed E-state index contributed by atoms with van der Waals surface area (Å²) in [4.78, 5) is 4.05. The lowest BCUT2D eigenvalue weighted by Crippen LogP contribution is -2.10. The Labute approximate surface area is 134 Å². The van der Waals surface area contributed by atoms with Crippen LogP contribution in [0.15, 0.2) is 36.7 Å². The second-order valence-electron chi connectivity index (χ2n) is 4.70. The van der Waals surface area contributed by atoms with Gasteiger partial charge in [0.15, 0.2) is 0 Å². The van der Waals surface area contributed by atoms with E-state index in [1.165, 1.54) is 13.2 Å². The van der Waals surface area contributed by atoms with Crippen LogP contribution in [0.2, 0.25) is 0 Å². The third kappa shape index (κ3) is 4.56. The molecule has 0 saturated carbocycles. The molecule has 1 aromatic heterocycles. The van der Waals surface area contributed by atoms with Gasteiger partial charge < -0.3 is 9.47 Å². The number of nitrogens with zero attached hydrogens (tertiary/aromatic N) is 1. The van der Waals surface area contributed by atoms with Gasteiger partial charge in [-0.05, 0) is 18.2 Å². The van der Waals surface area contributed by atoms with Crippen LogP contribution in [0.5, 0.6) is 11.5 Å². The highest BCUT2D eigenvalue weighted by Crippen LogP contribution is 2.37. The summed E-state index contributed by atoms with van der Waals surface area (Å²) in [6, 6.07) is 6.45. The van der Waals surface area contributed by atoms with Crippen molar-refractivity contribution in [1.82, 2.24) is 4.98 Å². The number of anilines is 1. The summed E-state index contributed by atoms with van der Waals surface area (Å²) in [5.41, 5.74) is 1.62. The van der Waals surface area contributed by atoms with E-state index < -0.39 is 16.7 Å². The van der Waals surface area contributed by atoms with Gasteiger partial charge in [0.25, 0.3) is 0 Å². The molecule has 0 aliphatic heterocycles. The fourth-order valence-electron chi connectivity index (χ4n) is 2.05. The maximum atomic E-state index is 12.5. The molecule has 0 unspecified atom stereocenters. The van der Waals surface area contributed by atoms with Crippen LogP contribution < -0.4 is 14.2 Å². The second kappa shape index (κ2) is 7.28. The quantitative estimate of drug-likeness (QED) is 0.838. The molecule has 1 heterocycles. The first kappa shape index (κ1) is 17.0. The van der Waals surface area contributed by atoms with Crippen LogP contribution >= 0.6 is 0 Å². The predicted molar refractivity (Wildman–Crippen MR) is 86.2 cm³/mol. The van der Waals surface area contributed by atoms with E-state index in [1.807, 2.05) is 0 Å². The lowest BCUT2D eigenvalue weighted by molar-refractivity contribution is 0.274. The number of hydrogen-bond donors (Lipinski definition) is 1. The number of rotatable bonds is 7. The number of alkyl halides is 1. The van der Waals surface area contributed by atoms with Gasteiger partial charge in [-0.15, -0.1) is 0 Å². The SMILES string of the molecule is COc1ccncc1-c1ccc(NS(C)(=O)=O)cc1OCCF. The van der Waals surface area contributed by atoms with Crippen LogP contribution in [-0.4, -0.2) is 40.0 Å². The highest BCUT2D eigenvalue weighted by molar-refractivity contribution is 7.92. The lowest BCUT2D eigenvalue weighted by atomic mass is 10.1. The third-order valence-corrected chi connectivity index (χ3v) is 3.52. The minimum Gasteiger partial charge on any atom is -0.496 e. The number of nitrogens with one attached hydrogen (secondary N) is 1. The number of benzene rings is 1.